The van der Waals surface area contributed by atoms with Gasteiger partial charge in [-0.25, -0.2) is 9.78 Å². The maximum Gasteiger partial charge on any atom is 0.418 e. The van der Waals surface area contributed by atoms with E-state index in [1.165, 1.54) is 17.8 Å². The van der Waals surface area contributed by atoms with Crippen LogP contribution in [0.2, 0.25) is 5.02 Å². The van der Waals surface area contributed by atoms with Crippen LogP contribution in [0.15, 0.2) is 58.5 Å². The van der Waals surface area contributed by atoms with Crippen LogP contribution in [0.3, 0.4) is 0 Å². The first-order valence-corrected chi connectivity index (χ1v) is 11.6. The van der Waals surface area contributed by atoms with Crippen molar-refractivity contribution in [1.29, 1.82) is 0 Å². The summed E-state index contributed by atoms with van der Waals surface area (Å²) in [6.07, 6.45) is -1.31. The van der Waals surface area contributed by atoms with Crippen LogP contribution in [0.1, 0.15) is 23.1 Å². The smallest absolute Gasteiger partial charge is 0.418 e. The second-order valence-electron chi connectivity index (χ2n) is 8.23. The van der Waals surface area contributed by atoms with Gasteiger partial charge in [0.2, 0.25) is 0 Å². The molecule has 3 aromatic heterocycles. The minimum atomic E-state index is -4.64. The lowest BCUT2D eigenvalue weighted by atomic mass is 10.0. The number of aromatic nitrogens is 4. The van der Waals surface area contributed by atoms with Crippen molar-refractivity contribution in [3.63, 3.8) is 0 Å². The largest absolute Gasteiger partial charge is 0.468 e. The number of hydrogen-bond donors (Lipinski definition) is 0. The number of rotatable bonds is 9. The van der Waals surface area contributed by atoms with Crippen LogP contribution in [0.25, 0.3) is 11.0 Å². The molecule has 0 spiro atoms. The van der Waals surface area contributed by atoms with Crippen LogP contribution in [-0.2, 0) is 35.7 Å². The normalized spacial score (nSPS) is 11.5. The number of hydrogen-bond acceptors (Lipinski definition) is 7. The summed E-state index contributed by atoms with van der Waals surface area (Å²) in [4.78, 5) is 44.7. The standard InChI is InChI=1S/C25H20ClF3N4O5/c1-32-22-21(23(35)33(24(32)36)7-2-8-37-14-34)19(9-15-3-5-17(26)6-4-15)20(13-31-22)38-18-10-16(11-30-12-18)25(27,28)29/h3-6,10-14H,2,7-9H2,1H3. The zero-order chi connectivity index (χ0) is 27.4. The van der Waals surface area contributed by atoms with Gasteiger partial charge in [0.05, 0.1) is 30.0 Å². The molecule has 1 aromatic carbocycles. The average molecular weight is 549 g/mol. The molecule has 0 N–H and O–H groups in total. The first kappa shape index (κ1) is 26.9. The van der Waals surface area contributed by atoms with Gasteiger partial charge in [-0.1, -0.05) is 23.7 Å². The van der Waals surface area contributed by atoms with Crippen LogP contribution in [-0.4, -0.2) is 32.2 Å². The summed E-state index contributed by atoms with van der Waals surface area (Å²) in [6.45, 7) is 0.221. The molecule has 0 aliphatic rings. The van der Waals surface area contributed by atoms with Crippen LogP contribution < -0.4 is 16.0 Å². The summed E-state index contributed by atoms with van der Waals surface area (Å²) < 4.78 is 52.3. The summed E-state index contributed by atoms with van der Waals surface area (Å²) in [5.74, 6) is -0.199. The van der Waals surface area contributed by atoms with Crippen LogP contribution >= 0.6 is 11.6 Å². The molecule has 0 radical (unpaired) electrons. The van der Waals surface area contributed by atoms with E-state index in [1.54, 1.807) is 24.3 Å². The number of fused-ring (bicyclic) bond motifs is 1. The summed E-state index contributed by atoms with van der Waals surface area (Å²) in [5.41, 5.74) is -1.22. The molecule has 198 valence electrons. The molecular weight excluding hydrogens is 529 g/mol. The second-order valence-corrected chi connectivity index (χ2v) is 8.67. The minimum absolute atomic E-state index is 0.00128. The lowest BCUT2D eigenvalue weighted by Gasteiger charge is -2.17. The van der Waals surface area contributed by atoms with E-state index in [-0.39, 0.29) is 55.0 Å². The topological polar surface area (TPSA) is 105 Å². The van der Waals surface area contributed by atoms with Crippen molar-refractivity contribution in [3.05, 3.63) is 91.5 Å². The predicted molar refractivity (Wildman–Crippen MR) is 131 cm³/mol. The first-order valence-electron chi connectivity index (χ1n) is 11.2. The van der Waals surface area contributed by atoms with Gasteiger partial charge in [-0.3, -0.25) is 23.7 Å². The Bertz CT molecular complexity index is 1600. The van der Waals surface area contributed by atoms with E-state index in [9.17, 15) is 27.6 Å². The van der Waals surface area contributed by atoms with E-state index < -0.39 is 23.0 Å². The highest BCUT2D eigenvalue weighted by Crippen LogP contribution is 2.34. The zero-order valence-corrected chi connectivity index (χ0v) is 20.6. The molecule has 0 unspecified atom stereocenters. The van der Waals surface area contributed by atoms with Gasteiger partial charge in [-0.2, -0.15) is 13.2 Å². The molecular formula is C25H20ClF3N4O5. The fourth-order valence-electron chi connectivity index (χ4n) is 3.87. The van der Waals surface area contributed by atoms with E-state index >= 15 is 0 Å². The third-order valence-electron chi connectivity index (χ3n) is 5.70. The molecule has 0 aliphatic carbocycles. The highest BCUT2D eigenvalue weighted by atomic mass is 35.5. The number of benzene rings is 1. The van der Waals surface area contributed by atoms with Crippen molar-refractivity contribution in [2.45, 2.75) is 25.6 Å². The van der Waals surface area contributed by atoms with Crippen LogP contribution in [0.4, 0.5) is 13.2 Å². The third kappa shape index (κ3) is 5.70. The Morgan fingerprint density at radius 1 is 1.11 bits per heavy atom. The number of pyridine rings is 2. The van der Waals surface area contributed by atoms with E-state index in [1.807, 2.05) is 0 Å². The predicted octanol–water partition coefficient (Wildman–Crippen LogP) is 4.11. The van der Waals surface area contributed by atoms with Gasteiger partial charge >= 0.3 is 11.9 Å². The van der Waals surface area contributed by atoms with Gasteiger partial charge in [-0.15, -0.1) is 0 Å². The Labute approximate surface area is 218 Å². The highest BCUT2D eigenvalue weighted by Gasteiger charge is 2.31. The molecule has 0 bridgehead atoms. The summed E-state index contributed by atoms with van der Waals surface area (Å²) in [6, 6.07) is 7.54. The molecule has 0 saturated carbocycles. The van der Waals surface area contributed by atoms with E-state index in [2.05, 4.69) is 14.7 Å². The third-order valence-corrected chi connectivity index (χ3v) is 5.95. The average Bonchev–Trinajstić information content (AvgIpc) is 2.88. The summed E-state index contributed by atoms with van der Waals surface area (Å²) >= 11 is 6.00. The molecule has 4 rings (SSSR count). The molecule has 3 heterocycles. The van der Waals surface area contributed by atoms with E-state index in [0.717, 1.165) is 16.8 Å². The number of ether oxygens (including phenoxy) is 2. The van der Waals surface area contributed by atoms with E-state index in [0.29, 0.717) is 22.3 Å². The quantitative estimate of drug-likeness (QED) is 0.229. The van der Waals surface area contributed by atoms with Crippen LogP contribution in [0.5, 0.6) is 11.5 Å². The Morgan fingerprint density at radius 2 is 1.84 bits per heavy atom. The summed E-state index contributed by atoms with van der Waals surface area (Å²) in [7, 11) is 1.44. The van der Waals surface area contributed by atoms with Gasteiger partial charge in [-0.05, 0) is 30.2 Å². The molecule has 4 aromatic rings. The number of carbonyl (C=O) groups excluding carboxylic acids is 1. The number of alkyl halides is 3. The fraction of sp³-hybridized carbons (Fsp3) is 0.240. The molecule has 9 nitrogen and oxygen atoms in total. The molecule has 13 heteroatoms. The highest BCUT2D eigenvalue weighted by molar-refractivity contribution is 6.30. The second kappa shape index (κ2) is 11.1. The monoisotopic (exact) mass is 548 g/mol. The maximum absolute atomic E-state index is 13.6. The Balaban J connectivity index is 1.90. The van der Waals surface area contributed by atoms with Crippen molar-refractivity contribution in [2.75, 3.05) is 6.61 Å². The maximum atomic E-state index is 13.6. The SMILES string of the molecule is Cn1c(=O)n(CCCOC=O)c(=O)c2c(Cc3ccc(Cl)cc3)c(Oc3cncc(C(F)(F)F)c3)cnc21. The summed E-state index contributed by atoms with van der Waals surface area (Å²) in [5, 5.41) is 0.540. The van der Waals surface area contributed by atoms with Crippen molar-refractivity contribution >= 4 is 29.1 Å². The van der Waals surface area contributed by atoms with E-state index in [4.69, 9.17) is 16.3 Å². The molecule has 0 atom stereocenters. The lowest BCUT2D eigenvalue weighted by molar-refractivity contribution is -0.138. The fourth-order valence-corrected chi connectivity index (χ4v) is 4.00. The van der Waals surface area contributed by atoms with Gasteiger partial charge < -0.3 is 9.47 Å². The van der Waals surface area contributed by atoms with Crippen molar-refractivity contribution < 1.29 is 27.4 Å². The first-order chi connectivity index (χ1) is 18.1. The molecule has 0 fully saturated rings. The van der Waals surface area contributed by atoms with Crippen molar-refractivity contribution in [3.8, 4) is 11.5 Å². The van der Waals surface area contributed by atoms with Crippen molar-refractivity contribution in [1.82, 2.24) is 19.1 Å². The number of halogens is 4. The molecule has 0 aliphatic heterocycles. The minimum Gasteiger partial charge on any atom is -0.468 e. The van der Waals surface area contributed by atoms with Gasteiger partial charge in [0.1, 0.15) is 17.1 Å². The zero-order valence-electron chi connectivity index (χ0n) is 19.9. The molecule has 0 saturated heterocycles. The number of carbonyl (C=O) groups is 1. The Kier molecular flexibility index (Phi) is 7.81. The van der Waals surface area contributed by atoms with Gasteiger partial charge in [0.25, 0.3) is 12.0 Å². The lowest BCUT2D eigenvalue weighted by Crippen LogP contribution is -2.40. The van der Waals surface area contributed by atoms with Gasteiger partial charge in [0.15, 0.2) is 0 Å². The molecule has 0 amide bonds. The number of nitrogens with zero attached hydrogens (tertiary/aromatic N) is 4. The molecule has 38 heavy (non-hydrogen) atoms. The number of aryl methyl sites for hydroxylation is 1. The van der Waals surface area contributed by atoms with Crippen LogP contribution in [0, 0.1) is 0 Å². The Hall–Kier alpha value is -4.19. The van der Waals surface area contributed by atoms with Crippen molar-refractivity contribution in [2.24, 2.45) is 7.05 Å². The van der Waals surface area contributed by atoms with Gasteiger partial charge in [0, 0.05) is 36.8 Å². The Morgan fingerprint density at radius 3 is 2.53 bits per heavy atom.